The van der Waals surface area contributed by atoms with E-state index in [2.05, 4.69) is 9.62 Å². The molecule has 0 radical (unpaired) electrons. The number of fused-ring (bicyclic) bond motifs is 3. The number of halogens is 1. The summed E-state index contributed by atoms with van der Waals surface area (Å²) in [5.74, 6) is -0.366. The van der Waals surface area contributed by atoms with Gasteiger partial charge >= 0.3 is 10.2 Å². The van der Waals surface area contributed by atoms with Gasteiger partial charge in [-0.1, -0.05) is 29.8 Å². The number of hydrogen-bond donors (Lipinski definition) is 2. The molecule has 1 amide bonds. The number of hydrogen-bond acceptors (Lipinski definition) is 8. The van der Waals surface area contributed by atoms with Crippen molar-refractivity contribution < 1.29 is 31.5 Å². The number of anilines is 1. The molecule has 0 spiro atoms. The van der Waals surface area contributed by atoms with E-state index in [0.717, 1.165) is 53.8 Å². The normalized spacial score (nSPS) is 25.7. The lowest BCUT2D eigenvalue weighted by atomic mass is 9.70. The molecule has 1 unspecified atom stereocenters. The molecule has 10 nitrogen and oxygen atoms in total. The highest BCUT2D eigenvalue weighted by atomic mass is 35.5. The number of nitrogens with one attached hydrogen (secondary N) is 1. The number of aliphatic hydroxyl groups is 1. The zero-order valence-corrected chi connectivity index (χ0v) is 27.2. The van der Waals surface area contributed by atoms with E-state index in [0.29, 0.717) is 36.2 Å². The van der Waals surface area contributed by atoms with Crippen molar-refractivity contribution in [2.45, 2.75) is 51.2 Å². The number of carbonyl (C=O) groups is 1. The number of ether oxygens (including phenoxy) is 1. The molecule has 2 aromatic carbocycles. The fraction of sp³-hybridized carbons (Fsp3) is 0.516. The van der Waals surface area contributed by atoms with E-state index in [1.807, 2.05) is 18.2 Å². The van der Waals surface area contributed by atoms with Crippen LogP contribution in [0.5, 0.6) is 5.75 Å². The molecule has 3 aliphatic rings. The Morgan fingerprint density at radius 1 is 1.09 bits per heavy atom. The molecular weight excluding hydrogens is 626 g/mol. The van der Waals surface area contributed by atoms with Gasteiger partial charge in [0.25, 0.3) is 5.91 Å². The van der Waals surface area contributed by atoms with Crippen molar-refractivity contribution >= 4 is 43.2 Å². The Bertz CT molecular complexity index is 1610. The van der Waals surface area contributed by atoms with Crippen LogP contribution in [0.4, 0.5) is 5.69 Å². The summed E-state index contributed by atoms with van der Waals surface area (Å²) in [6.45, 7) is 1.30. The van der Waals surface area contributed by atoms with Crippen LogP contribution < -0.4 is 14.4 Å². The van der Waals surface area contributed by atoms with Crippen LogP contribution >= 0.6 is 11.6 Å². The Kier molecular flexibility index (Phi) is 10.3. The Morgan fingerprint density at radius 2 is 1.91 bits per heavy atom. The van der Waals surface area contributed by atoms with E-state index in [4.69, 9.17) is 16.3 Å². The summed E-state index contributed by atoms with van der Waals surface area (Å²) in [4.78, 5) is 15.6. The molecule has 2 aromatic rings. The van der Waals surface area contributed by atoms with Gasteiger partial charge in [0.1, 0.15) is 22.2 Å². The molecule has 44 heavy (non-hydrogen) atoms. The van der Waals surface area contributed by atoms with E-state index in [1.165, 1.54) is 6.07 Å². The number of carbonyl (C=O) groups excluding carboxylic acids is 1. The van der Waals surface area contributed by atoms with Gasteiger partial charge < -0.3 is 14.7 Å². The number of nitrogens with zero attached hydrogens (tertiary/aromatic N) is 2. The van der Waals surface area contributed by atoms with Gasteiger partial charge in [-0.05, 0) is 91.8 Å². The molecule has 1 saturated carbocycles. The van der Waals surface area contributed by atoms with Crippen LogP contribution in [0.25, 0.3) is 0 Å². The number of rotatable bonds is 3. The van der Waals surface area contributed by atoms with Gasteiger partial charge in [0.05, 0.1) is 17.5 Å². The van der Waals surface area contributed by atoms with Gasteiger partial charge in [0.2, 0.25) is 0 Å². The van der Waals surface area contributed by atoms with E-state index in [-0.39, 0.29) is 36.9 Å². The first-order valence-corrected chi connectivity index (χ1v) is 18.9. The highest BCUT2D eigenvalue weighted by molar-refractivity contribution is 7.90. The lowest BCUT2D eigenvalue weighted by Gasteiger charge is -2.42. The minimum Gasteiger partial charge on any atom is -0.487 e. The van der Waals surface area contributed by atoms with Gasteiger partial charge in [-0.2, -0.15) is 12.7 Å². The second kappa shape index (κ2) is 13.8. The van der Waals surface area contributed by atoms with Crippen LogP contribution in [0.3, 0.4) is 0 Å². The molecule has 1 aliphatic carbocycles. The monoisotopic (exact) mass is 665 g/mol. The third-order valence-electron chi connectivity index (χ3n) is 8.76. The van der Waals surface area contributed by atoms with Gasteiger partial charge in [-0.15, -0.1) is 0 Å². The van der Waals surface area contributed by atoms with E-state index < -0.39 is 37.8 Å². The lowest BCUT2D eigenvalue weighted by molar-refractivity contribution is 0.0461. The van der Waals surface area contributed by atoms with E-state index in [1.54, 1.807) is 24.3 Å². The summed E-state index contributed by atoms with van der Waals surface area (Å²) in [5, 5.41) is 11.7. The Hall–Kier alpha value is -2.64. The first-order valence-electron chi connectivity index (χ1n) is 15.0. The van der Waals surface area contributed by atoms with Crippen LogP contribution in [0.15, 0.2) is 48.6 Å². The smallest absolute Gasteiger partial charge is 0.304 e. The number of benzene rings is 2. The Morgan fingerprint density at radius 3 is 2.66 bits per heavy atom. The molecule has 240 valence electrons. The first kappa shape index (κ1) is 32.7. The molecule has 3 atom stereocenters. The summed E-state index contributed by atoms with van der Waals surface area (Å²) in [6, 6.07) is 10.7. The molecule has 2 aliphatic heterocycles. The lowest BCUT2D eigenvalue weighted by Crippen LogP contribution is -2.46. The van der Waals surface area contributed by atoms with Crippen molar-refractivity contribution in [2.75, 3.05) is 43.1 Å². The topological polar surface area (TPSA) is 133 Å². The van der Waals surface area contributed by atoms with Gasteiger partial charge in [0.15, 0.2) is 0 Å². The van der Waals surface area contributed by atoms with Gasteiger partial charge in [0, 0.05) is 43.0 Å². The van der Waals surface area contributed by atoms with Gasteiger partial charge in [-0.3, -0.25) is 4.79 Å². The molecule has 0 saturated heterocycles. The molecule has 2 heterocycles. The van der Waals surface area contributed by atoms with Crippen molar-refractivity contribution in [3.8, 4) is 5.75 Å². The molecule has 2 N–H and O–H groups in total. The average molecular weight is 666 g/mol. The first-order chi connectivity index (χ1) is 20.9. The summed E-state index contributed by atoms with van der Waals surface area (Å²) < 4.78 is 59.8. The second-order valence-electron chi connectivity index (χ2n) is 12.0. The Balaban J connectivity index is 1.52. The number of aliphatic hydroxyl groups excluding tert-OH is 1. The predicted octanol–water partition coefficient (Wildman–Crippen LogP) is 3.73. The maximum absolute atomic E-state index is 13.4. The maximum Gasteiger partial charge on any atom is 0.304 e. The maximum atomic E-state index is 13.4. The fourth-order valence-corrected chi connectivity index (χ4v) is 8.11. The Labute approximate surface area is 265 Å². The number of aryl methyl sites for hydroxylation is 1. The minimum atomic E-state index is -4.38. The average Bonchev–Trinajstić information content (AvgIpc) is 2.96. The van der Waals surface area contributed by atoms with Crippen molar-refractivity contribution in [1.82, 2.24) is 9.03 Å². The van der Waals surface area contributed by atoms with Crippen LogP contribution in [0.1, 0.15) is 53.6 Å². The predicted molar refractivity (Wildman–Crippen MR) is 171 cm³/mol. The molecule has 0 aromatic heterocycles. The third-order valence-corrected chi connectivity index (χ3v) is 11.4. The highest BCUT2D eigenvalue weighted by Crippen LogP contribution is 2.41. The largest absolute Gasteiger partial charge is 0.487 e. The fourth-order valence-electron chi connectivity index (χ4n) is 6.09. The number of sulfone groups is 1. The van der Waals surface area contributed by atoms with E-state index in [9.17, 15) is 26.7 Å². The quantitative estimate of drug-likeness (QED) is 0.474. The van der Waals surface area contributed by atoms with Crippen molar-refractivity contribution in [2.24, 2.45) is 11.8 Å². The van der Waals surface area contributed by atoms with E-state index >= 15 is 0 Å². The summed E-state index contributed by atoms with van der Waals surface area (Å²) in [5.41, 5.74) is 2.99. The zero-order chi connectivity index (χ0) is 31.5. The highest BCUT2D eigenvalue weighted by Gasteiger charge is 2.37. The van der Waals surface area contributed by atoms with Gasteiger partial charge in [-0.25, -0.2) is 13.1 Å². The molecule has 2 bridgehead atoms. The van der Waals surface area contributed by atoms with Crippen molar-refractivity contribution in [3.63, 3.8) is 0 Å². The summed E-state index contributed by atoms with van der Waals surface area (Å²) in [6.07, 6.45) is 8.49. The summed E-state index contributed by atoms with van der Waals surface area (Å²) in [7, 11) is -7.84. The molecule has 13 heteroatoms. The minimum absolute atomic E-state index is 0.0460. The van der Waals surface area contributed by atoms with Crippen LogP contribution in [0.2, 0.25) is 5.02 Å². The summed E-state index contributed by atoms with van der Waals surface area (Å²) >= 11 is 6.29. The third kappa shape index (κ3) is 8.14. The SMILES string of the molecule is CS(=O)(=O)CCN1CC/C=C/C(O)[C@@H]2CC[C@H]2CN2CCCCc3cc(Cl)ccc3COc3ccc(cc32)C(=O)NS1(=O)=O. The number of amides is 1. The molecule has 5 rings (SSSR count). The van der Waals surface area contributed by atoms with Crippen LogP contribution in [-0.4, -0.2) is 76.4 Å². The van der Waals surface area contributed by atoms with Crippen LogP contribution in [0, 0.1) is 11.8 Å². The zero-order valence-electron chi connectivity index (χ0n) is 24.8. The molecular formula is C31H40ClN3O7S2. The molecule has 1 fully saturated rings. The van der Waals surface area contributed by atoms with Crippen LogP contribution in [-0.2, 0) is 33.1 Å². The van der Waals surface area contributed by atoms with Crippen molar-refractivity contribution in [1.29, 1.82) is 0 Å². The standard InChI is InChI=1S/C31H40ClN3O7S2/c1-43(38,39)17-16-35-15-5-3-7-29(36)27-12-9-24(27)20-34-14-4-2-6-22-18-26(32)11-8-25(22)21-42-30-13-10-23(19-28(30)34)31(37)33-44(35,40)41/h3,7-8,10-11,13,18-19,24,27,29,36H,2,4-6,9,12,14-17,20-21H2,1H3,(H,33,37)/b7-3+/t24-,27+,29?/m0/s1. The van der Waals surface area contributed by atoms with Crippen molar-refractivity contribution in [3.05, 3.63) is 70.3 Å². The second-order valence-corrected chi connectivity index (χ2v) is 16.3.